The van der Waals surface area contributed by atoms with Gasteiger partial charge in [-0.05, 0) is 55.5 Å². The first-order valence-corrected chi connectivity index (χ1v) is 18.6. The second kappa shape index (κ2) is 13.0. The molecule has 43 heavy (non-hydrogen) atoms. The van der Waals surface area contributed by atoms with Crippen LogP contribution in [0.1, 0.15) is 26.7 Å². The molecule has 1 radical (unpaired) electrons. The van der Waals surface area contributed by atoms with E-state index in [1.165, 1.54) is 36.1 Å². The first kappa shape index (κ1) is 29.6. The van der Waals surface area contributed by atoms with Gasteiger partial charge in [0.05, 0.1) is 8.07 Å². The summed E-state index contributed by atoms with van der Waals surface area (Å²) < 4.78 is 10.8. The van der Waals surface area contributed by atoms with Crippen LogP contribution in [0.25, 0.3) is 53.5 Å². The number of rotatable bonds is 4. The standard InChI is InChI=1S/C24H18NS.C14H16NSi.Ir/c1-15(2)17-12-13-25-21(14-17)19-8-5-9-20-23-18-7-4-3-6-16(18)10-11-22(23)26-24(19)20;1-16(2,3)13-9-10-14(15-11-13)12-7-5-4-6-8-12;/h3-7,9-15H,1-2H3;4-7,9-11H,1-3H3;/q2*-1;/i15D;;. The third kappa shape index (κ3) is 6.56. The first-order valence-electron chi connectivity index (χ1n) is 14.7. The van der Waals surface area contributed by atoms with Crippen molar-refractivity contribution in [1.82, 2.24) is 9.97 Å². The number of benzene rings is 4. The smallest absolute Gasteiger partial charge is 0.0795 e. The fourth-order valence-corrected chi connectivity index (χ4v) is 7.39. The van der Waals surface area contributed by atoms with Crippen molar-refractivity contribution in [3.05, 3.63) is 127 Å². The Morgan fingerprint density at radius 2 is 1.60 bits per heavy atom. The maximum absolute atomic E-state index is 8.34. The minimum absolute atomic E-state index is 0. The number of pyridine rings is 2. The van der Waals surface area contributed by atoms with Gasteiger partial charge in [-0.1, -0.05) is 93.0 Å². The van der Waals surface area contributed by atoms with Crippen molar-refractivity contribution >= 4 is 55.5 Å². The molecule has 4 aromatic carbocycles. The van der Waals surface area contributed by atoms with E-state index in [1.54, 1.807) is 17.5 Å². The average molecular weight is 772 g/mol. The molecule has 5 heteroatoms. The normalized spacial score (nSPS) is 12.0. The molecular weight excluding hydrogens is 737 g/mol. The van der Waals surface area contributed by atoms with Gasteiger partial charge in [0.25, 0.3) is 0 Å². The van der Waals surface area contributed by atoms with Crippen LogP contribution in [0.2, 0.25) is 19.6 Å². The van der Waals surface area contributed by atoms with Crippen LogP contribution in [-0.4, -0.2) is 18.0 Å². The summed E-state index contributed by atoms with van der Waals surface area (Å²) in [4.78, 5) is 9.12. The van der Waals surface area contributed by atoms with Crippen molar-refractivity contribution in [2.45, 2.75) is 39.4 Å². The largest absolute Gasteiger partial charge is 0.305 e. The third-order valence-corrected chi connectivity index (χ3v) is 10.7. The Morgan fingerprint density at radius 1 is 0.791 bits per heavy atom. The second-order valence-electron chi connectivity index (χ2n) is 11.7. The third-order valence-electron chi connectivity index (χ3n) is 7.53. The molecule has 0 saturated carbocycles. The van der Waals surface area contributed by atoms with Crippen LogP contribution >= 0.6 is 11.3 Å². The number of nitrogens with zero attached hydrogens (tertiary/aromatic N) is 2. The fourth-order valence-electron chi connectivity index (χ4n) is 5.13. The second-order valence-corrected chi connectivity index (χ2v) is 17.9. The molecule has 7 aromatic rings. The fraction of sp³-hybridized carbons (Fsp3) is 0.158. The zero-order chi connectivity index (χ0) is 30.2. The van der Waals surface area contributed by atoms with Crippen LogP contribution in [0.3, 0.4) is 0 Å². The summed E-state index contributed by atoms with van der Waals surface area (Å²) in [6, 6.07) is 39.9. The van der Waals surface area contributed by atoms with E-state index in [9.17, 15) is 0 Å². The van der Waals surface area contributed by atoms with Crippen molar-refractivity contribution in [3.8, 4) is 22.5 Å². The summed E-state index contributed by atoms with van der Waals surface area (Å²) in [5.74, 6) is -0.651. The molecule has 0 atom stereocenters. The first-order chi connectivity index (χ1) is 20.6. The minimum Gasteiger partial charge on any atom is -0.305 e. The number of hydrogen-bond acceptors (Lipinski definition) is 3. The molecule has 0 aliphatic carbocycles. The van der Waals surface area contributed by atoms with Crippen molar-refractivity contribution < 1.29 is 21.5 Å². The van der Waals surface area contributed by atoms with E-state index in [2.05, 4.69) is 96.3 Å². The summed E-state index contributed by atoms with van der Waals surface area (Å²) in [5, 5.41) is 6.49. The molecule has 0 unspecified atom stereocenters. The Hall–Kier alpha value is -3.47. The van der Waals surface area contributed by atoms with Gasteiger partial charge in [0.15, 0.2) is 0 Å². The van der Waals surface area contributed by atoms with Gasteiger partial charge in [0.2, 0.25) is 0 Å². The van der Waals surface area contributed by atoms with E-state index in [-0.39, 0.29) is 20.1 Å². The molecule has 0 N–H and O–H groups in total. The number of aromatic nitrogens is 2. The average Bonchev–Trinajstić information content (AvgIpc) is 3.41. The van der Waals surface area contributed by atoms with Crippen LogP contribution in [0.5, 0.6) is 0 Å². The summed E-state index contributed by atoms with van der Waals surface area (Å²) in [6.07, 6.45) is 3.82. The van der Waals surface area contributed by atoms with Crippen LogP contribution in [-0.2, 0) is 20.1 Å². The van der Waals surface area contributed by atoms with Crippen LogP contribution < -0.4 is 5.19 Å². The van der Waals surface area contributed by atoms with Crippen LogP contribution in [0.15, 0.2) is 109 Å². The summed E-state index contributed by atoms with van der Waals surface area (Å²) >= 11 is 1.79. The SMILES string of the molecule is C[Si](C)(C)c1ccc(-c2[c-]cccc2)nc1.[2H]C(C)(C)c1ccnc(-c2[c-]ccc3c2sc2ccc4ccccc4c23)c1.[Ir]. The van der Waals surface area contributed by atoms with Crippen molar-refractivity contribution in [1.29, 1.82) is 0 Å². The Balaban J connectivity index is 0.000000194. The van der Waals surface area contributed by atoms with Gasteiger partial charge in [0.1, 0.15) is 0 Å². The molecular formula is C38H34IrN2SSi-2. The Bertz CT molecular complexity index is 2040. The number of thiophene rings is 1. The van der Waals surface area contributed by atoms with Gasteiger partial charge >= 0.3 is 0 Å². The van der Waals surface area contributed by atoms with E-state index >= 15 is 0 Å². The molecule has 3 heterocycles. The summed E-state index contributed by atoms with van der Waals surface area (Å²) in [6.45, 7) is 10.8. The Kier molecular flexibility index (Phi) is 8.97. The van der Waals surface area contributed by atoms with E-state index in [4.69, 9.17) is 1.37 Å². The molecule has 0 aliphatic heterocycles. The monoisotopic (exact) mass is 772 g/mol. The van der Waals surface area contributed by atoms with Crippen LogP contribution in [0.4, 0.5) is 0 Å². The van der Waals surface area contributed by atoms with Gasteiger partial charge < -0.3 is 9.97 Å². The van der Waals surface area contributed by atoms with E-state index in [0.29, 0.717) is 0 Å². The molecule has 217 valence electrons. The van der Waals surface area contributed by atoms with Crippen molar-refractivity contribution in [3.63, 3.8) is 0 Å². The van der Waals surface area contributed by atoms with Gasteiger partial charge in [-0.25, -0.2) is 0 Å². The van der Waals surface area contributed by atoms with Gasteiger partial charge in [-0.15, -0.1) is 59.7 Å². The molecule has 0 bridgehead atoms. The van der Waals surface area contributed by atoms with Gasteiger partial charge in [-0.3, -0.25) is 0 Å². The molecule has 0 aliphatic rings. The molecule has 2 nitrogen and oxygen atoms in total. The van der Waals surface area contributed by atoms with Crippen molar-refractivity contribution in [2.24, 2.45) is 0 Å². The quantitative estimate of drug-likeness (QED) is 0.132. The van der Waals surface area contributed by atoms with E-state index in [0.717, 1.165) is 28.1 Å². The van der Waals surface area contributed by atoms with Gasteiger partial charge in [0, 0.05) is 38.6 Å². The molecule has 7 rings (SSSR count). The topological polar surface area (TPSA) is 25.8 Å². The van der Waals surface area contributed by atoms with E-state index in [1.807, 2.05) is 62.5 Å². The summed E-state index contributed by atoms with van der Waals surface area (Å²) in [5.41, 5.74) is 4.93. The van der Waals surface area contributed by atoms with Crippen molar-refractivity contribution in [2.75, 3.05) is 0 Å². The predicted octanol–water partition coefficient (Wildman–Crippen LogP) is 10.3. The molecule has 0 saturated heterocycles. The zero-order valence-corrected chi connectivity index (χ0v) is 29.2. The molecule has 0 spiro atoms. The minimum atomic E-state index is -1.23. The summed E-state index contributed by atoms with van der Waals surface area (Å²) in [7, 11) is -1.23. The van der Waals surface area contributed by atoms with Gasteiger partial charge in [-0.2, -0.15) is 11.3 Å². The molecule has 3 aromatic heterocycles. The predicted molar refractivity (Wildman–Crippen MR) is 184 cm³/mol. The number of hydrogen-bond donors (Lipinski definition) is 0. The van der Waals surface area contributed by atoms with E-state index < -0.39 is 14.0 Å². The number of fused-ring (bicyclic) bond motifs is 5. The van der Waals surface area contributed by atoms with Crippen LogP contribution in [0, 0.1) is 12.1 Å². The molecule has 0 amide bonds. The zero-order valence-electron chi connectivity index (χ0n) is 26.0. The maximum Gasteiger partial charge on any atom is 0.0795 e. The molecule has 0 fully saturated rings. The maximum atomic E-state index is 8.34. The Morgan fingerprint density at radius 3 is 2.33 bits per heavy atom. The Labute approximate surface area is 274 Å².